The number of nitrogens with one attached hydrogen (secondary N) is 1. The van der Waals surface area contributed by atoms with Crippen molar-refractivity contribution in [3.05, 3.63) is 12.7 Å². The molecule has 3 rings (SSSR count). The van der Waals surface area contributed by atoms with Crippen LogP contribution >= 0.6 is 7.52 Å². The summed E-state index contributed by atoms with van der Waals surface area (Å²) < 4.78 is 31.9. The molecule has 0 amide bonds. The number of rotatable bonds is 12. The van der Waals surface area contributed by atoms with E-state index in [0.717, 1.165) is 0 Å². The lowest BCUT2D eigenvalue weighted by Gasteiger charge is -2.41. The number of esters is 1. The van der Waals surface area contributed by atoms with Crippen LogP contribution in [0, 0.1) is 0 Å². The van der Waals surface area contributed by atoms with Gasteiger partial charge in [0.05, 0.1) is 25.1 Å². The third kappa shape index (κ3) is 5.90. The minimum Gasteiger partial charge on any atom is -0.480 e. The lowest BCUT2D eigenvalue weighted by molar-refractivity contribution is -0.155. The van der Waals surface area contributed by atoms with Crippen LogP contribution in [-0.2, 0) is 34.7 Å². The second kappa shape index (κ2) is 10.3. The van der Waals surface area contributed by atoms with Crippen LogP contribution in [0.1, 0.15) is 47.0 Å². The number of nitrogen functional groups attached to an aromatic ring is 1. The third-order valence-electron chi connectivity index (χ3n) is 5.43. The molecule has 0 aliphatic heterocycles. The minimum absolute atomic E-state index is 0.251. The van der Waals surface area contributed by atoms with E-state index in [2.05, 4.69) is 20.0 Å². The molecule has 0 bridgehead atoms. The van der Waals surface area contributed by atoms with E-state index in [1.807, 2.05) is 0 Å². The van der Waals surface area contributed by atoms with Gasteiger partial charge in [0.1, 0.15) is 23.7 Å². The van der Waals surface area contributed by atoms with Gasteiger partial charge in [0.2, 0.25) is 0 Å². The fraction of sp³-hybridized carbons (Fsp3) is 0.650. The second-order valence-electron chi connectivity index (χ2n) is 8.69. The molecule has 188 valence electrons. The van der Waals surface area contributed by atoms with E-state index in [9.17, 15) is 19.3 Å². The molecule has 3 atom stereocenters. The van der Waals surface area contributed by atoms with Crippen molar-refractivity contribution in [2.75, 3.05) is 12.1 Å². The molecule has 34 heavy (non-hydrogen) atoms. The number of imidazole rings is 1. The topological polar surface area (TPSA) is 181 Å². The highest BCUT2D eigenvalue weighted by atomic mass is 31.2. The van der Waals surface area contributed by atoms with Crippen molar-refractivity contribution in [1.29, 1.82) is 0 Å². The molecule has 14 heteroatoms. The molecule has 1 aliphatic carbocycles. The fourth-order valence-electron chi connectivity index (χ4n) is 3.53. The first-order chi connectivity index (χ1) is 15.9. The maximum atomic E-state index is 13.7. The number of hydrogen-bond donors (Lipinski definition) is 3. The van der Waals surface area contributed by atoms with Crippen LogP contribution in [0.25, 0.3) is 11.2 Å². The summed E-state index contributed by atoms with van der Waals surface area (Å²) in [4.78, 5) is 36.4. The molecule has 1 unspecified atom stereocenters. The number of aliphatic carboxylic acids is 1. The number of carbonyl (C=O) groups is 2. The van der Waals surface area contributed by atoms with Crippen LogP contribution in [-0.4, -0.2) is 66.8 Å². The standard InChI is InChI=1S/C20H31N6O7P/c1-12(2)32-18(27)14(4)33-34(30,25-20(19(28)29)6-5-7-20)11-31-13(3)8-26-10-24-15-16(21)22-9-23-17(15)26/h9-10,12-14H,5-8,11H2,1-4H3,(H,25,30)(H,28,29)(H2,21,22,23)/t13-,14+,34?/m1/s1. The van der Waals surface area contributed by atoms with Gasteiger partial charge in [0, 0.05) is 0 Å². The normalized spacial score (nSPS) is 18.7. The van der Waals surface area contributed by atoms with Gasteiger partial charge in [-0.25, -0.2) is 24.8 Å². The van der Waals surface area contributed by atoms with Gasteiger partial charge in [-0.15, -0.1) is 0 Å². The zero-order valence-corrected chi connectivity index (χ0v) is 20.5. The van der Waals surface area contributed by atoms with Crippen molar-refractivity contribution < 1.29 is 33.3 Å². The molecule has 0 spiro atoms. The zero-order chi connectivity index (χ0) is 25.1. The maximum absolute atomic E-state index is 13.7. The summed E-state index contributed by atoms with van der Waals surface area (Å²) in [5.74, 6) is -1.58. The van der Waals surface area contributed by atoms with Gasteiger partial charge in [-0.3, -0.25) is 9.36 Å². The van der Waals surface area contributed by atoms with Gasteiger partial charge in [0.15, 0.2) is 17.6 Å². The molecule has 0 saturated heterocycles. The number of ether oxygens (including phenoxy) is 2. The van der Waals surface area contributed by atoms with Crippen LogP contribution in [0.15, 0.2) is 12.7 Å². The Kier molecular flexibility index (Phi) is 7.91. The Balaban J connectivity index is 1.72. The number of aromatic nitrogens is 4. The van der Waals surface area contributed by atoms with Crippen molar-refractivity contribution in [2.45, 2.75) is 77.4 Å². The number of nitrogens with two attached hydrogens (primary N) is 1. The average Bonchev–Trinajstić information content (AvgIpc) is 3.13. The summed E-state index contributed by atoms with van der Waals surface area (Å²) in [5, 5.41) is 12.4. The lowest BCUT2D eigenvalue weighted by atomic mass is 9.78. The quantitative estimate of drug-likeness (QED) is 0.286. The van der Waals surface area contributed by atoms with E-state index >= 15 is 0 Å². The van der Waals surface area contributed by atoms with Crippen molar-refractivity contribution in [3.8, 4) is 0 Å². The van der Waals surface area contributed by atoms with E-state index in [4.69, 9.17) is 19.7 Å². The molecule has 1 fully saturated rings. The maximum Gasteiger partial charge on any atom is 0.335 e. The molecule has 2 aromatic rings. The summed E-state index contributed by atoms with van der Waals surface area (Å²) in [6.07, 6.45) is 1.59. The molecular weight excluding hydrogens is 467 g/mol. The van der Waals surface area contributed by atoms with Crippen LogP contribution < -0.4 is 10.8 Å². The molecule has 0 radical (unpaired) electrons. The monoisotopic (exact) mass is 498 g/mol. The van der Waals surface area contributed by atoms with Crippen LogP contribution in [0.5, 0.6) is 0 Å². The molecule has 4 N–H and O–H groups in total. The first-order valence-electron chi connectivity index (χ1n) is 11.0. The van der Waals surface area contributed by atoms with Gasteiger partial charge in [0.25, 0.3) is 7.52 Å². The molecule has 1 saturated carbocycles. The Morgan fingerprint density at radius 1 is 1.26 bits per heavy atom. The lowest BCUT2D eigenvalue weighted by Crippen LogP contribution is -2.56. The van der Waals surface area contributed by atoms with Gasteiger partial charge < -0.3 is 29.4 Å². The van der Waals surface area contributed by atoms with Crippen molar-refractivity contribution in [3.63, 3.8) is 0 Å². The van der Waals surface area contributed by atoms with Crippen LogP contribution in [0.4, 0.5) is 5.82 Å². The van der Waals surface area contributed by atoms with Crippen LogP contribution in [0.2, 0.25) is 0 Å². The Morgan fingerprint density at radius 3 is 2.56 bits per heavy atom. The molecule has 13 nitrogen and oxygen atoms in total. The summed E-state index contributed by atoms with van der Waals surface area (Å²) in [6.45, 7) is 6.80. The van der Waals surface area contributed by atoms with Crippen molar-refractivity contribution in [2.24, 2.45) is 0 Å². The number of carbonyl (C=O) groups excluding carboxylic acids is 1. The number of carboxylic acids is 1. The van der Waals surface area contributed by atoms with Crippen molar-refractivity contribution in [1.82, 2.24) is 24.6 Å². The summed E-state index contributed by atoms with van der Waals surface area (Å²) in [7, 11) is -3.94. The third-order valence-corrected chi connectivity index (χ3v) is 7.34. The van der Waals surface area contributed by atoms with E-state index in [-0.39, 0.29) is 24.8 Å². The Bertz CT molecular complexity index is 1090. The van der Waals surface area contributed by atoms with E-state index in [0.29, 0.717) is 24.1 Å². The van der Waals surface area contributed by atoms with Gasteiger partial charge in [-0.2, -0.15) is 0 Å². The van der Waals surface area contributed by atoms with E-state index < -0.39 is 43.6 Å². The summed E-state index contributed by atoms with van der Waals surface area (Å²) >= 11 is 0. The van der Waals surface area contributed by atoms with Crippen LogP contribution in [0.3, 0.4) is 0 Å². The predicted molar refractivity (Wildman–Crippen MR) is 122 cm³/mol. The van der Waals surface area contributed by atoms with Gasteiger partial charge in [-0.05, 0) is 47.0 Å². The molecule has 0 aromatic carbocycles. The first kappa shape index (κ1) is 26.0. The number of anilines is 1. The number of carboxylic acid groups (broad SMARTS) is 1. The summed E-state index contributed by atoms with van der Waals surface area (Å²) in [5.41, 5.74) is 5.40. The molecule has 1 aliphatic rings. The summed E-state index contributed by atoms with van der Waals surface area (Å²) in [6, 6.07) is 0. The average molecular weight is 498 g/mol. The highest BCUT2D eigenvalue weighted by molar-refractivity contribution is 7.56. The van der Waals surface area contributed by atoms with Gasteiger partial charge >= 0.3 is 11.9 Å². The number of fused-ring (bicyclic) bond motifs is 1. The Morgan fingerprint density at radius 2 is 1.97 bits per heavy atom. The first-order valence-corrected chi connectivity index (χ1v) is 12.8. The Hall–Kier alpha value is -2.60. The zero-order valence-electron chi connectivity index (χ0n) is 19.6. The number of hydrogen-bond acceptors (Lipinski definition) is 10. The van der Waals surface area contributed by atoms with Gasteiger partial charge in [-0.1, -0.05) is 0 Å². The van der Waals surface area contributed by atoms with E-state index in [1.54, 1.807) is 31.7 Å². The molecule has 2 heterocycles. The smallest absolute Gasteiger partial charge is 0.335 e. The van der Waals surface area contributed by atoms with Crippen molar-refractivity contribution >= 4 is 36.4 Å². The molecule has 2 aromatic heterocycles. The molecular formula is C20H31N6O7P. The minimum atomic E-state index is -3.94. The highest BCUT2D eigenvalue weighted by Crippen LogP contribution is 2.50. The Labute approximate surface area is 196 Å². The van der Waals surface area contributed by atoms with E-state index in [1.165, 1.54) is 13.3 Å². The largest absolute Gasteiger partial charge is 0.480 e. The highest BCUT2D eigenvalue weighted by Gasteiger charge is 2.50. The fourth-order valence-corrected chi connectivity index (χ4v) is 5.73. The second-order valence-corrected chi connectivity index (χ2v) is 10.7. The number of nitrogens with zero attached hydrogens (tertiary/aromatic N) is 4. The predicted octanol–water partition coefficient (Wildman–Crippen LogP) is 1.92. The SMILES string of the molecule is CC(C)OC(=O)[C@H](C)OP(=O)(CO[C@H](C)Cn1cnc2c(N)ncnc21)NC1(C(=O)O)CCC1.